The molecule has 0 N–H and O–H groups in total. The van der Waals surface area contributed by atoms with Gasteiger partial charge in [0.25, 0.3) is 0 Å². The van der Waals surface area contributed by atoms with Crippen LogP contribution in [0.5, 0.6) is 0 Å². The summed E-state index contributed by atoms with van der Waals surface area (Å²) in [4.78, 5) is 15.1. The van der Waals surface area contributed by atoms with Gasteiger partial charge in [0.15, 0.2) is 11.3 Å². The minimum Gasteiger partial charge on any atom is -0.295 e. The zero-order valence-corrected chi connectivity index (χ0v) is 7.92. The lowest BCUT2D eigenvalue weighted by atomic mass is 10.2. The fourth-order valence-corrected chi connectivity index (χ4v) is 1.85. The van der Waals surface area contributed by atoms with E-state index in [0.29, 0.717) is 11.3 Å². The van der Waals surface area contributed by atoms with E-state index in [1.165, 1.54) is 23.5 Å². The topological polar surface area (TPSA) is 30.0 Å². The van der Waals surface area contributed by atoms with Crippen molar-refractivity contribution in [1.82, 2.24) is 4.98 Å². The maximum absolute atomic E-state index is 12.9. The first-order chi connectivity index (χ1) is 6.79. The fraction of sp³-hybridized carbons (Fsp3) is 0. The van der Waals surface area contributed by atoms with E-state index < -0.39 is 0 Å². The molecule has 1 heterocycles. The summed E-state index contributed by atoms with van der Waals surface area (Å²) >= 11 is 1.25. The largest absolute Gasteiger partial charge is 0.295 e. The summed E-state index contributed by atoms with van der Waals surface area (Å²) in [5.41, 5.74) is 0.746. The smallest absolute Gasteiger partial charge is 0.178 e. The molecule has 1 aromatic heterocycles. The van der Waals surface area contributed by atoms with Crippen LogP contribution in [0, 0.1) is 5.82 Å². The predicted molar refractivity (Wildman–Crippen MR) is 52.9 cm³/mol. The average Bonchev–Trinajstić information content (AvgIpc) is 2.66. The lowest BCUT2D eigenvalue weighted by molar-refractivity contribution is 0.112. The zero-order chi connectivity index (χ0) is 9.97. The zero-order valence-electron chi connectivity index (χ0n) is 7.11. The van der Waals surface area contributed by atoms with Crippen molar-refractivity contribution < 1.29 is 9.18 Å². The molecule has 0 aliphatic rings. The van der Waals surface area contributed by atoms with Gasteiger partial charge in [-0.3, -0.25) is 4.79 Å². The SMILES string of the molecule is O=Cc1ncc(-c2cccc(F)c2)s1. The average molecular weight is 207 g/mol. The van der Waals surface area contributed by atoms with Crippen LogP contribution >= 0.6 is 11.3 Å². The van der Waals surface area contributed by atoms with E-state index in [1.54, 1.807) is 18.3 Å². The van der Waals surface area contributed by atoms with Crippen LogP contribution < -0.4 is 0 Å². The number of carbonyl (C=O) groups excluding carboxylic acids is 1. The van der Waals surface area contributed by atoms with E-state index in [-0.39, 0.29) is 5.82 Å². The van der Waals surface area contributed by atoms with Crippen LogP contribution in [0.25, 0.3) is 10.4 Å². The minimum absolute atomic E-state index is 0.288. The first kappa shape index (κ1) is 9.02. The molecule has 4 heteroatoms. The van der Waals surface area contributed by atoms with Crippen LogP contribution in [-0.2, 0) is 0 Å². The van der Waals surface area contributed by atoms with Gasteiger partial charge in [-0.05, 0) is 17.7 Å². The number of thiazole rings is 1. The van der Waals surface area contributed by atoms with Crippen molar-refractivity contribution in [2.75, 3.05) is 0 Å². The van der Waals surface area contributed by atoms with E-state index in [1.807, 2.05) is 0 Å². The van der Waals surface area contributed by atoms with Gasteiger partial charge in [0.1, 0.15) is 5.82 Å². The molecule has 0 aliphatic carbocycles. The Kier molecular flexibility index (Phi) is 2.37. The van der Waals surface area contributed by atoms with Gasteiger partial charge in [-0.25, -0.2) is 9.37 Å². The Morgan fingerprint density at radius 3 is 2.93 bits per heavy atom. The predicted octanol–water partition coefficient (Wildman–Crippen LogP) is 2.76. The molecule has 0 bridgehead atoms. The molecule has 2 aromatic rings. The lowest BCUT2D eigenvalue weighted by Crippen LogP contribution is -1.74. The van der Waals surface area contributed by atoms with Crippen molar-refractivity contribution in [3.05, 3.63) is 41.3 Å². The van der Waals surface area contributed by atoms with Crippen LogP contribution in [0.1, 0.15) is 9.80 Å². The number of aromatic nitrogens is 1. The third-order valence-corrected chi connectivity index (χ3v) is 2.71. The quantitative estimate of drug-likeness (QED) is 0.709. The van der Waals surface area contributed by atoms with Gasteiger partial charge in [0.2, 0.25) is 0 Å². The number of hydrogen-bond acceptors (Lipinski definition) is 3. The van der Waals surface area contributed by atoms with Gasteiger partial charge < -0.3 is 0 Å². The highest BCUT2D eigenvalue weighted by molar-refractivity contribution is 7.16. The van der Waals surface area contributed by atoms with Crippen molar-refractivity contribution in [3.8, 4) is 10.4 Å². The summed E-state index contributed by atoms with van der Waals surface area (Å²) in [5.74, 6) is -0.288. The second kappa shape index (κ2) is 3.67. The van der Waals surface area contributed by atoms with Gasteiger partial charge in [0.05, 0.1) is 4.88 Å². The molecule has 0 radical (unpaired) electrons. The molecule has 2 rings (SSSR count). The van der Waals surface area contributed by atoms with Gasteiger partial charge in [0, 0.05) is 6.20 Å². The number of rotatable bonds is 2. The summed E-state index contributed by atoms with van der Waals surface area (Å²) in [5, 5.41) is 0.407. The van der Waals surface area contributed by atoms with Crippen molar-refractivity contribution in [3.63, 3.8) is 0 Å². The molecule has 0 fully saturated rings. The maximum atomic E-state index is 12.9. The van der Waals surface area contributed by atoms with Gasteiger partial charge in [-0.1, -0.05) is 12.1 Å². The molecule has 0 saturated heterocycles. The number of halogens is 1. The highest BCUT2D eigenvalue weighted by Gasteiger charge is 2.03. The Morgan fingerprint density at radius 2 is 2.29 bits per heavy atom. The Labute approximate surface area is 84.0 Å². The third-order valence-electron chi connectivity index (χ3n) is 1.73. The second-order valence-corrected chi connectivity index (χ2v) is 3.75. The van der Waals surface area contributed by atoms with Crippen LogP contribution in [-0.4, -0.2) is 11.3 Å². The number of benzene rings is 1. The molecule has 0 amide bonds. The summed E-state index contributed by atoms with van der Waals surface area (Å²) in [7, 11) is 0. The van der Waals surface area contributed by atoms with Crippen LogP contribution in [0.4, 0.5) is 4.39 Å². The third kappa shape index (κ3) is 1.70. The number of nitrogens with zero attached hydrogens (tertiary/aromatic N) is 1. The van der Waals surface area contributed by atoms with E-state index in [2.05, 4.69) is 4.98 Å². The lowest BCUT2D eigenvalue weighted by Gasteiger charge is -1.94. The maximum Gasteiger partial charge on any atom is 0.178 e. The van der Waals surface area contributed by atoms with Crippen molar-refractivity contribution in [2.24, 2.45) is 0 Å². The van der Waals surface area contributed by atoms with Crippen LogP contribution in [0.15, 0.2) is 30.5 Å². The summed E-state index contributed by atoms with van der Waals surface area (Å²) < 4.78 is 12.9. The fourth-order valence-electron chi connectivity index (χ4n) is 1.12. The first-order valence-corrected chi connectivity index (χ1v) is 4.78. The molecule has 0 saturated carbocycles. The molecule has 0 atom stereocenters. The van der Waals surface area contributed by atoms with Crippen LogP contribution in [0.3, 0.4) is 0 Å². The highest BCUT2D eigenvalue weighted by Crippen LogP contribution is 2.25. The van der Waals surface area contributed by atoms with Gasteiger partial charge >= 0.3 is 0 Å². The minimum atomic E-state index is -0.288. The van der Waals surface area contributed by atoms with Gasteiger partial charge in [-0.15, -0.1) is 11.3 Å². The number of aldehydes is 1. The van der Waals surface area contributed by atoms with E-state index in [4.69, 9.17) is 0 Å². The number of hydrogen-bond donors (Lipinski definition) is 0. The molecule has 1 aromatic carbocycles. The standard InChI is InChI=1S/C10H6FNOS/c11-8-3-1-2-7(4-8)9-5-12-10(6-13)14-9/h1-6H. The molecule has 14 heavy (non-hydrogen) atoms. The first-order valence-electron chi connectivity index (χ1n) is 3.96. The molecular weight excluding hydrogens is 201 g/mol. The second-order valence-electron chi connectivity index (χ2n) is 2.69. The normalized spacial score (nSPS) is 10.1. The molecule has 0 spiro atoms. The van der Waals surface area contributed by atoms with E-state index in [0.717, 1.165) is 10.4 Å². The summed E-state index contributed by atoms with van der Waals surface area (Å²) in [6.45, 7) is 0. The van der Waals surface area contributed by atoms with Crippen LogP contribution in [0.2, 0.25) is 0 Å². The Morgan fingerprint density at radius 1 is 1.43 bits per heavy atom. The van der Waals surface area contributed by atoms with Crippen molar-refractivity contribution >= 4 is 17.6 Å². The monoisotopic (exact) mass is 207 g/mol. The van der Waals surface area contributed by atoms with Crippen molar-refractivity contribution in [2.45, 2.75) is 0 Å². The molecule has 2 nitrogen and oxygen atoms in total. The summed E-state index contributed by atoms with van der Waals surface area (Å²) in [6, 6.07) is 6.21. The Hall–Kier alpha value is -1.55. The molecule has 70 valence electrons. The van der Waals surface area contributed by atoms with Gasteiger partial charge in [-0.2, -0.15) is 0 Å². The number of carbonyl (C=O) groups is 1. The van der Waals surface area contributed by atoms with Crippen molar-refractivity contribution in [1.29, 1.82) is 0 Å². The molecule has 0 unspecified atom stereocenters. The molecular formula is C10H6FNOS. The van der Waals surface area contributed by atoms with E-state index in [9.17, 15) is 9.18 Å². The van der Waals surface area contributed by atoms with E-state index >= 15 is 0 Å². The summed E-state index contributed by atoms with van der Waals surface area (Å²) in [6.07, 6.45) is 2.26. The Balaban J connectivity index is 2.43. The Bertz CT molecular complexity index is 467. The highest BCUT2D eigenvalue weighted by atomic mass is 32.1. The molecule has 0 aliphatic heterocycles.